The maximum absolute atomic E-state index is 12.4. The summed E-state index contributed by atoms with van der Waals surface area (Å²) >= 11 is 0. The van der Waals surface area contributed by atoms with Gasteiger partial charge in [0.2, 0.25) is 0 Å². The number of hydrogen-bond acceptors (Lipinski definition) is 3. The van der Waals surface area contributed by atoms with Crippen molar-refractivity contribution in [3.63, 3.8) is 0 Å². The van der Waals surface area contributed by atoms with Gasteiger partial charge in [-0.05, 0) is 61.1 Å². The largest absolute Gasteiger partial charge is 2.00 e. The van der Waals surface area contributed by atoms with Gasteiger partial charge in [-0.15, -0.1) is 0 Å². The Morgan fingerprint density at radius 1 is 0.618 bits per heavy atom. The number of benzene rings is 2. The van der Waals surface area contributed by atoms with Gasteiger partial charge >= 0.3 is 30.9 Å². The van der Waals surface area contributed by atoms with Crippen molar-refractivity contribution in [2.45, 2.75) is 104 Å². The third kappa shape index (κ3) is 13.8. The standard InChI is InChI=1S/C28H43O4P.Mg.2H/c1-3-5-7-9-11-13-15-25-17-21-27(22-18-25)31-33(29,30)32-28-23-19-26(20-24-28)16-14-12-10-8-6-4-2;;;/h17-24H,3-16H2,1-2H3,(H,29,30);;;/q;+2;2*-1. The van der Waals surface area contributed by atoms with Gasteiger partial charge in [0.25, 0.3) is 0 Å². The van der Waals surface area contributed by atoms with Gasteiger partial charge in [-0.25, -0.2) is 4.57 Å². The Bertz CT molecular complexity index is 754. The van der Waals surface area contributed by atoms with E-state index in [1.807, 2.05) is 24.3 Å². The van der Waals surface area contributed by atoms with Gasteiger partial charge in [-0.2, -0.15) is 0 Å². The van der Waals surface area contributed by atoms with Crippen LogP contribution in [0.2, 0.25) is 0 Å². The Morgan fingerprint density at radius 3 is 1.29 bits per heavy atom. The predicted octanol–water partition coefficient (Wildman–Crippen LogP) is 8.90. The average molecular weight is 501 g/mol. The van der Waals surface area contributed by atoms with Crippen LogP contribution in [0.1, 0.15) is 105 Å². The number of hydrogen-bond donors (Lipinski definition) is 1. The molecule has 0 spiro atoms. The Balaban J connectivity index is 0. The van der Waals surface area contributed by atoms with Crippen molar-refractivity contribution in [2.75, 3.05) is 0 Å². The molecule has 0 bridgehead atoms. The molecule has 0 fully saturated rings. The van der Waals surface area contributed by atoms with E-state index in [2.05, 4.69) is 13.8 Å². The molecule has 0 saturated carbocycles. The van der Waals surface area contributed by atoms with Gasteiger partial charge in [-0.3, -0.25) is 4.89 Å². The van der Waals surface area contributed by atoms with Gasteiger partial charge in [0.15, 0.2) is 0 Å². The molecule has 0 radical (unpaired) electrons. The summed E-state index contributed by atoms with van der Waals surface area (Å²) in [6.45, 7) is 4.46. The Kier molecular flexibility index (Phi) is 16.7. The van der Waals surface area contributed by atoms with Crippen LogP contribution in [0.3, 0.4) is 0 Å². The smallest absolute Gasteiger partial charge is 1.00 e. The number of phosphoric acid groups is 1. The fourth-order valence-corrected chi connectivity index (χ4v) is 4.75. The Hall–Kier alpha value is -1.00. The van der Waals surface area contributed by atoms with Crippen LogP contribution in [0.25, 0.3) is 0 Å². The zero-order valence-electron chi connectivity index (χ0n) is 23.3. The summed E-state index contributed by atoms with van der Waals surface area (Å²) in [6, 6.07) is 14.8. The first-order valence-corrected chi connectivity index (χ1v) is 14.4. The van der Waals surface area contributed by atoms with Crippen molar-refractivity contribution in [3.8, 4) is 11.5 Å². The maximum Gasteiger partial charge on any atom is 2.00 e. The fraction of sp³-hybridized carbons (Fsp3) is 0.571. The van der Waals surface area contributed by atoms with E-state index < -0.39 is 7.82 Å². The SMILES string of the molecule is CCCCCCCCc1ccc(OP(=O)(O)Oc2ccc(CCCCCCCC)cc2)cc1.[H-].[H-].[Mg+2]. The number of phosphoric ester groups is 1. The van der Waals surface area contributed by atoms with E-state index in [-0.39, 0.29) is 25.9 Å². The van der Waals surface area contributed by atoms with Crippen LogP contribution in [0.4, 0.5) is 0 Å². The summed E-state index contributed by atoms with van der Waals surface area (Å²) in [6.07, 6.45) is 17.3. The minimum Gasteiger partial charge on any atom is -1.00 e. The molecule has 2 aromatic rings. The maximum atomic E-state index is 12.4. The Labute approximate surface area is 226 Å². The van der Waals surface area contributed by atoms with Crippen molar-refractivity contribution in [1.82, 2.24) is 0 Å². The first kappa shape index (κ1) is 31.0. The van der Waals surface area contributed by atoms with E-state index in [0.29, 0.717) is 11.5 Å². The van der Waals surface area contributed by atoms with Crippen molar-refractivity contribution in [1.29, 1.82) is 0 Å². The van der Waals surface area contributed by atoms with E-state index in [9.17, 15) is 9.46 Å². The molecular formula is C28H45MgO4P. The molecular weight excluding hydrogens is 456 g/mol. The molecule has 0 aliphatic rings. The minimum atomic E-state index is -4.24. The monoisotopic (exact) mass is 500 g/mol. The van der Waals surface area contributed by atoms with Crippen LogP contribution >= 0.6 is 7.82 Å². The second-order valence-corrected chi connectivity index (χ2v) is 10.3. The van der Waals surface area contributed by atoms with Crippen molar-refractivity contribution in [3.05, 3.63) is 59.7 Å². The summed E-state index contributed by atoms with van der Waals surface area (Å²) in [5.41, 5.74) is 2.43. The van der Waals surface area contributed by atoms with Crippen molar-refractivity contribution in [2.24, 2.45) is 0 Å². The molecule has 6 heteroatoms. The first-order chi connectivity index (χ1) is 16.0. The second kappa shape index (κ2) is 18.3. The van der Waals surface area contributed by atoms with Gasteiger partial charge < -0.3 is 11.9 Å². The van der Waals surface area contributed by atoms with E-state index in [4.69, 9.17) is 9.05 Å². The van der Waals surface area contributed by atoms with Crippen LogP contribution in [0, 0.1) is 0 Å². The van der Waals surface area contributed by atoms with E-state index >= 15 is 0 Å². The van der Waals surface area contributed by atoms with E-state index in [1.165, 1.54) is 88.2 Å². The molecule has 0 aliphatic heterocycles. The average Bonchev–Trinajstić information content (AvgIpc) is 2.80. The molecule has 0 heterocycles. The molecule has 0 amide bonds. The molecule has 0 aromatic heterocycles. The molecule has 0 aliphatic carbocycles. The van der Waals surface area contributed by atoms with Crippen LogP contribution in [-0.4, -0.2) is 27.9 Å². The molecule has 188 valence electrons. The molecule has 34 heavy (non-hydrogen) atoms. The Morgan fingerprint density at radius 2 is 0.941 bits per heavy atom. The minimum absolute atomic E-state index is 0. The molecule has 2 rings (SSSR count). The molecule has 4 nitrogen and oxygen atoms in total. The number of unbranched alkanes of at least 4 members (excludes halogenated alkanes) is 10. The van der Waals surface area contributed by atoms with Gasteiger partial charge in [0, 0.05) is 0 Å². The summed E-state index contributed by atoms with van der Waals surface area (Å²) < 4.78 is 23.0. The third-order valence-electron chi connectivity index (χ3n) is 5.93. The van der Waals surface area contributed by atoms with Crippen molar-refractivity contribution >= 4 is 30.9 Å². The van der Waals surface area contributed by atoms with Crippen LogP contribution in [0.15, 0.2) is 48.5 Å². The van der Waals surface area contributed by atoms with Crippen LogP contribution in [0.5, 0.6) is 11.5 Å². The molecule has 0 unspecified atom stereocenters. The third-order valence-corrected chi connectivity index (χ3v) is 6.81. The van der Waals surface area contributed by atoms with Gasteiger partial charge in [0.05, 0.1) is 0 Å². The predicted molar refractivity (Wildman–Crippen MR) is 146 cm³/mol. The zero-order valence-corrected chi connectivity index (χ0v) is 23.7. The molecule has 1 N–H and O–H groups in total. The normalized spacial score (nSPS) is 11.1. The van der Waals surface area contributed by atoms with E-state index in [0.717, 1.165) is 12.8 Å². The first-order valence-electron chi connectivity index (χ1n) is 12.9. The summed E-state index contributed by atoms with van der Waals surface area (Å²) in [7, 11) is -4.24. The zero-order chi connectivity index (χ0) is 23.8. The van der Waals surface area contributed by atoms with Gasteiger partial charge in [0.1, 0.15) is 11.5 Å². The molecule has 2 aromatic carbocycles. The van der Waals surface area contributed by atoms with E-state index in [1.54, 1.807) is 24.3 Å². The van der Waals surface area contributed by atoms with Crippen molar-refractivity contribution < 1.29 is 21.4 Å². The fourth-order valence-electron chi connectivity index (χ4n) is 3.94. The van der Waals surface area contributed by atoms with Gasteiger partial charge in [-0.1, -0.05) is 102 Å². The summed E-state index contributed by atoms with van der Waals surface area (Å²) in [5.74, 6) is 0.680. The summed E-state index contributed by atoms with van der Waals surface area (Å²) in [4.78, 5) is 10.2. The van der Waals surface area contributed by atoms with Crippen LogP contribution in [-0.2, 0) is 17.4 Å². The number of rotatable bonds is 18. The second-order valence-electron chi connectivity index (χ2n) is 8.97. The number of aryl methyl sites for hydroxylation is 2. The quantitative estimate of drug-likeness (QED) is 0.126. The topological polar surface area (TPSA) is 55.8 Å². The molecule has 0 atom stereocenters. The molecule has 0 saturated heterocycles. The summed E-state index contributed by atoms with van der Waals surface area (Å²) in [5, 5.41) is 0. The van der Waals surface area contributed by atoms with Crippen LogP contribution < -0.4 is 9.05 Å².